The maximum absolute atomic E-state index is 13.0. The van der Waals surface area contributed by atoms with Crippen LogP contribution in [0.5, 0.6) is 0 Å². The number of rotatable bonds is 8. The number of carbonyl (C=O) groups is 1. The average molecular weight is 353 g/mol. The standard InChI is InChI=1S/C20H20FN3O2/c21-17-9-6-15(7-10-17)20-16(14-24-26-20)8-11-19(25)23-13-12-22-18-4-2-1-3-5-18/h1-7,9-10,14,22H,8,11-13H2,(H,23,25). The van der Waals surface area contributed by atoms with Crippen molar-refractivity contribution in [1.29, 1.82) is 0 Å². The minimum Gasteiger partial charge on any atom is -0.383 e. The number of hydrogen-bond donors (Lipinski definition) is 2. The van der Waals surface area contributed by atoms with Gasteiger partial charge in [-0.1, -0.05) is 23.4 Å². The van der Waals surface area contributed by atoms with E-state index >= 15 is 0 Å². The molecule has 0 atom stereocenters. The van der Waals surface area contributed by atoms with E-state index in [1.807, 2.05) is 30.3 Å². The molecule has 0 radical (unpaired) electrons. The van der Waals surface area contributed by atoms with E-state index in [0.717, 1.165) is 16.8 Å². The lowest BCUT2D eigenvalue weighted by Gasteiger charge is -2.08. The molecule has 0 unspecified atom stereocenters. The Kier molecular flexibility index (Phi) is 5.98. The number of aromatic nitrogens is 1. The minimum atomic E-state index is -0.307. The van der Waals surface area contributed by atoms with E-state index in [-0.39, 0.29) is 11.7 Å². The third-order valence-corrected chi connectivity index (χ3v) is 3.92. The Hall–Kier alpha value is -3.15. The molecule has 1 aromatic heterocycles. The van der Waals surface area contributed by atoms with Gasteiger partial charge in [0, 0.05) is 36.3 Å². The van der Waals surface area contributed by atoms with Crippen LogP contribution >= 0.6 is 0 Å². The first-order valence-electron chi connectivity index (χ1n) is 8.47. The van der Waals surface area contributed by atoms with Crippen LogP contribution in [0.3, 0.4) is 0 Å². The number of nitrogens with zero attached hydrogens (tertiary/aromatic N) is 1. The summed E-state index contributed by atoms with van der Waals surface area (Å²) in [6.45, 7) is 1.20. The zero-order valence-corrected chi connectivity index (χ0v) is 14.2. The lowest BCUT2D eigenvalue weighted by Crippen LogP contribution is -2.28. The van der Waals surface area contributed by atoms with Crippen LogP contribution in [0.25, 0.3) is 11.3 Å². The Morgan fingerprint density at radius 3 is 2.58 bits per heavy atom. The monoisotopic (exact) mass is 353 g/mol. The Bertz CT molecular complexity index is 832. The maximum Gasteiger partial charge on any atom is 0.220 e. The molecule has 0 bridgehead atoms. The van der Waals surface area contributed by atoms with Crippen molar-refractivity contribution < 1.29 is 13.7 Å². The van der Waals surface area contributed by atoms with Crippen molar-refractivity contribution in [2.45, 2.75) is 12.8 Å². The molecule has 0 spiro atoms. The normalized spacial score (nSPS) is 10.5. The summed E-state index contributed by atoms with van der Waals surface area (Å²) >= 11 is 0. The topological polar surface area (TPSA) is 67.2 Å². The number of amides is 1. The van der Waals surface area contributed by atoms with Gasteiger partial charge in [-0.25, -0.2) is 4.39 Å². The predicted octanol–water partition coefficient (Wildman–Crippen LogP) is 3.64. The van der Waals surface area contributed by atoms with Gasteiger partial charge in [-0.2, -0.15) is 0 Å². The molecule has 134 valence electrons. The van der Waals surface area contributed by atoms with Gasteiger partial charge in [0.2, 0.25) is 5.91 Å². The summed E-state index contributed by atoms with van der Waals surface area (Å²) in [5.74, 6) is 0.230. The van der Waals surface area contributed by atoms with Crippen molar-refractivity contribution in [2.24, 2.45) is 0 Å². The molecule has 3 rings (SSSR count). The van der Waals surface area contributed by atoms with E-state index in [9.17, 15) is 9.18 Å². The van der Waals surface area contributed by atoms with E-state index in [0.29, 0.717) is 31.7 Å². The van der Waals surface area contributed by atoms with Crippen molar-refractivity contribution in [1.82, 2.24) is 10.5 Å². The number of nitrogens with one attached hydrogen (secondary N) is 2. The van der Waals surface area contributed by atoms with Crippen LogP contribution in [0.15, 0.2) is 65.3 Å². The van der Waals surface area contributed by atoms with Gasteiger partial charge in [0.15, 0.2) is 5.76 Å². The smallest absolute Gasteiger partial charge is 0.220 e. The lowest BCUT2D eigenvalue weighted by molar-refractivity contribution is -0.120. The Balaban J connectivity index is 1.43. The molecule has 3 aromatic rings. The Labute approximate surface area is 151 Å². The molecule has 2 aromatic carbocycles. The summed E-state index contributed by atoms with van der Waals surface area (Å²) in [6, 6.07) is 15.8. The summed E-state index contributed by atoms with van der Waals surface area (Å²) in [7, 11) is 0. The highest BCUT2D eigenvalue weighted by Crippen LogP contribution is 2.24. The first kappa shape index (κ1) is 17.7. The number of benzene rings is 2. The largest absolute Gasteiger partial charge is 0.383 e. The van der Waals surface area contributed by atoms with E-state index < -0.39 is 0 Å². The lowest BCUT2D eigenvalue weighted by atomic mass is 10.1. The summed E-state index contributed by atoms with van der Waals surface area (Å²) < 4.78 is 18.3. The van der Waals surface area contributed by atoms with Crippen LogP contribution in [-0.4, -0.2) is 24.2 Å². The number of halogens is 1. The molecule has 0 aliphatic rings. The molecule has 0 aliphatic heterocycles. The van der Waals surface area contributed by atoms with Gasteiger partial charge in [-0.3, -0.25) is 4.79 Å². The number of anilines is 1. The van der Waals surface area contributed by atoms with E-state index in [1.54, 1.807) is 18.3 Å². The molecule has 1 amide bonds. The van der Waals surface area contributed by atoms with E-state index in [4.69, 9.17) is 4.52 Å². The second-order valence-corrected chi connectivity index (χ2v) is 5.83. The molecule has 0 fully saturated rings. The molecular formula is C20H20FN3O2. The van der Waals surface area contributed by atoms with Crippen molar-refractivity contribution >= 4 is 11.6 Å². The molecule has 5 nitrogen and oxygen atoms in total. The van der Waals surface area contributed by atoms with Crippen molar-refractivity contribution in [3.8, 4) is 11.3 Å². The van der Waals surface area contributed by atoms with Crippen molar-refractivity contribution in [3.05, 3.63) is 72.2 Å². The molecule has 26 heavy (non-hydrogen) atoms. The second kappa shape index (κ2) is 8.80. The van der Waals surface area contributed by atoms with Gasteiger partial charge in [0.05, 0.1) is 6.20 Å². The van der Waals surface area contributed by atoms with Crippen LogP contribution in [0.4, 0.5) is 10.1 Å². The summed E-state index contributed by atoms with van der Waals surface area (Å²) in [4.78, 5) is 12.0. The highest BCUT2D eigenvalue weighted by molar-refractivity contribution is 5.76. The summed E-state index contributed by atoms with van der Waals surface area (Å²) in [6.07, 6.45) is 2.44. The van der Waals surface area contributed by atoms with Crippen LogP contribution in [0.1, 0.15) is 12.0 Å². The van der Waals surface area contributed by atoms with Gasteiger partial charge in [0.1, 0.15) is 5.82 Å². The van der Waals surface area contributed by atoms with E-state index in [1.165, 1.54) is 12.1 Å². The van der Waals surface area contributed by atoms with Crippen molar-refractivity contribution in [2.75, 3.05) is 18.4 Å². The molecular weight excluding hydrogens is 333 g/mol. The quantitative estimate of drug-likeness (QED) is 0.607. The molecule has 0 saturated carbocycles. The van der Waals surface area contributed by atoms with Crippen molar-refractivity contribution in [3.63, 3.8) is 0 Å². The zero-order valence-electron chi connectivity index (χ0n) is 14.2. The fraction of sp³-hybridized carbons (Fsp3) is 0.200. The van der Waals surface area contributed by atoms with Gasteiger partial charge in [-0.05, 0) is 42.8 Å². The third-order valence-electron chi connectivity index (χ3n) is 3.92. The van der Waals surface area contributed by atoms with Gasteiger partial charge >= 0.3 is 0 Å². The molecule has 0 aliphatic carbocycles. The average Bonchev–Trinajstić information content (AvgIpc) is 3.14. The first-order chi connectivity index (χ1) is 12.7. The van der Waals surface area contributed by atoms with Gasteiger partial charge < -0.3 is 15.2 Å². The number of para-hydroxylation sites is 1. The summed E-state index contributed by atoms with van der Waals surface area (Å²) in [5, 5.41) is 9.91. The molecule has 0 saturated heterocycles. The SMILES string of the molecule is O=C(CCc1cnoc1-c1ccc(F)cc1)NCCNc1ccccc1. The third kappa shape index (κ3) is 4.92. The molecule has 2 N–H and O–H groups in total. The fourth-order valence-electron chi connectivity index (χ4n) is 2.58. The van der Waals surface area contributed by atoms with E-state index in [2.05, 4.69) is 15.8 Å². The Morgan fingerprint density at radius 2 is 1.81 bits per heavy atom. The minimum absolute atomic E-state index is 0.0360. The zero-order chi connectivity index (χ0) is 18.2. The number of hydrogen-bond acceptors (Lipinski definition) is 4. The van der Waals surface area contributed by atoms with Gasteiger partial charge in [0.25, 0.3) is 0 Å². The predicted molar refractivity (Wildman–Crippen MR) is 98.2 cm³/mol. The number of aryl methyl sites for hydroxylation is 1. The maximum atomic E-state index is 13.0. The highest BCUT2D eigenvalue weighted by Gasteiger charge is 2.12. The number of carbonyl (C=O) groups excluding carboxylic acids is 1. The fourth-order valence-corrected chi connectivity index (χ4v) is 2.58. The van der Waals surface area contributed by atoms with Crippen LogP contribution in [0.2, 0.25) is 0 Å². The molecule has 6 heteroatoms. The van der Waals surface area contributed by atoms with Gasteiger partial charge in [-0.15, -0.1) is 0 Å². The van der Waals surface area contributed by atoms with Crippen LogP contribution < -0.4 is 10.6 Å². The van der Waals surface area contributed by atoms with Crippen LogP contribution in [0, 0.1) is 5.82 Å². The first-order valence-corrected chi connectivity index (χ1v) is 8.47. The second-order valence-electron chi connectivity index (χ2n) is 5.83. The highest BCUT2D eigenvalue weighted by atomic mass is 19.1. The van der Waals surface area contributed by atoms with Crippen LogP contribution in [-0.2, 0) is 11.2 Å². The molecule has 1 heterocycles. The summed E-state index contributed by atoms with van der Waals surface area (Å²) in [5.41, 5.74) is 2.59. The Morgan fingerprint density at radius 1 is 1.04 bits per heavy atom.